The molecule has 0 saturated carbocycles. The Bertz CT molecular complexity index is 2470. The zero-order valence-electron chi connectivity index (χ0n) is 28.2. The molecule has 7 rings (SSSR count). The molecule has 6 aromatic rings. The summed E-state index contributed by atoms with van der Waals surface area (Å²) in [6.45, 7) is 4.63. The molecule has 1 N–H and O–H groups in total. The highest BCUT2D eigenvalue weighted by Crippen LogP contribution is 2.36. The quantitative estimate of drug-likeness (QED) is 0.144. The molecule has 256 valence electrons. The summed E-state index contributed by atoms with van der Waals surface area (Å²) in [5.41, 5.74) is 3.95. The van der Waals surface area contributed by atoms with Crippen molar-refractivity contribution in [2.24, 2.45) is 4.99 Å². The molecule has 1 amide bonds. The minimum Gasteiger partial charge on any atom is -0.494 e. The number of allylic oxidation sites excluding steroid dienone is 1. The molecule has 0 saturated heterocycles. The van der Waals surface area contributed by atoms with Gasteiger partial charge in [0.25, 0.3) is 11.5 Å². The van der Waals surface area contributed by atoms with Gasteiger partial charge in [-0.1, -0.05) is 84.1 Å². The van der Waals surface area contributed by atoms with E-state index in [1.807, 2.05) is 105 Å². The van der Waals surface area contributed by atoms with Crippen LogP contribution in [0.25, 0.3) is 16.8 Å². The van der Waals surface area contributed by atoms with Crippen LogP contribution in [-0.4, -0.2) is 24.2 Å². The minimum absolute atomic E-state index is 0.250. The maximum absolute atomic E-state index is 14.3. The van der Waals surface area contributed by atoms with E-state index in [2.05, 4.69) is 52.2 Å². The van der Waals surface area contributed by atoms with Crippen molar-refractivity contribution in [1.82, 2.24) is 4.57 Å². The lowest BCUT2D eigenvalue weighted by Crippen LogP contribution is -2.40. The molecule has 0 aliphatic carbocycles. The standard InChI is InChI=1S/C41H34IN3O5S/c1-4-49-31-19-17-28(18-20-31)37-36(39(46)44-30-14-6-5-7-15-30)25(2)43-41-45(37)40(47)35(51-41)23-26-21-33(42)38(34(22-26)48-3)50-24-29-13-10-12-27-11-8-9-16-32(27)29/h5-23,37H,4,24H2,1-3H3,(H,44,46)/b35-23-/t37-/m0/s1. The summed E-state index contributed by atoms with van der Waals surface area (Å²) in [5, 5.41) is 5.29. The molecule has 10 heteroatoms. The van der Waals surface area contributed by atoms with Gasteiger partial charge in [-0.2, -0.15) is 0 Å². The van der Waals surface area contributed by atoms with Crippen molar-refractivity contribution in [3.63, 3.8) is 0 Å². The van der Waals surface area contributed by atoms with Crippen molar-refractivity contribution in [2.45, 2.75) is 26.5 Å². The highest BCUT2D eigenvalue weighted by atomic mass is 127. The Morgan fingerprint density at radius 2 is 1.71 bits per heavy atom. The molecule has 0 radical (unpaired) electrons. The zero-order chi connectivity index (χ0) is 35.5. The van der Waals surface area contributed by atoms with Crippen molar-refractivity contribution in [3.05, 3.63) is 160 Å². The molecular weight excluding hydrogens is 773 g/mol. The third-order valence-electron chi connectivity index (χ3n) is 8.61. The van der Waals surface area contributed by atoms with Crippen LogP contribution < -0.4 is 34.4 Å². The first-order valence-electron chi connectivity index (χ1n) is 16.4. The summed E-state index contributed by atoms with van der Waals surface area (Å²) in [5.74, 6) is 1.57. The van der Waals surface area contributed by atoms with Crippen LogP contribution in [0.1, 0.15) is 36.6 Å². The second kappa shape index (κ2) is 15.0. The zero-order valence-corrected chi connectivity index (χ0v) is 31.2. The molecule has 1 aliphatic rings. The molecule has 1 aliphatic heterocycles. The SMILES string of the molecule is CCOc1ccc([C@H]2C(C(=O)Nc3ccccc3)=C(C)N=c3s/c(=C\c4cc(I)c(OCc5cccc6ccccc56)c(OC)c4)c(=O)n32)cc1. The van der Waals surface area contributed by atoms with Crippen molar-refractivity contribution >= 4 is 62.4 Å². The summed E-state index contributed by atoms with van der Waals surface area (Å²) in [4.78, 5) is 33.5. The van der Waals surface area contributed by atoms with Crippen molar-refractivity contribution < 1.29 is 19.0 Å². The fraction of sp³-hybridized carbons (Fsp3) is 0.146. The van der Waals surface area contributed by atoms with Crippen LogP contribution in [0.4, 0.5) is 5.69 Å². The Labute approximate surface area is 312 Å². The van der Waals surface area contributed by atoms with Crippen molar-refractivity contribution in [3.8, 4) is 17.2 Å². The molecule has 2 heterocycles. The van der Waals surface area contributed by atoms with E-state index in [0.29, 0.717) is 56.8 Å². The van der Waals surface area contributed by atoms with Gasteiger partial charge in [0.15, 0.2) is 16.3 Å². The number of amides is 1. The number of rotatable bonds is 10. The van der Waals surface area contributed by atoms with Gasteiger partial charge in [-0.15, -0.1) is 0 Å². The van der Waals surface area contributed by atoms with E-state index in [0.717, 1.165) is 31.0 Å². The average molecular weight is 808 g/mol. The number of ether oxygens (including phenoxy) is 3. The van der Waals surface area contributed by atoms with E-state index >= 15 is 0 Å². The Balaban J connectivity index is 1.26. The maximum Gasteiger partial charge on any atom is 0.271 e. The molecule has 0 spiro atoms. The lowest BCUT2D eigenvalue weighted by atomic mass is 9.95. The molecular formula is C41H34IN3O5S. The Morgan fingerprint density at radius 3 is 2.47 bits per heavy atom. The average Bonchev–Trinajstić information content (AvgIpc) is 3.44. The van der Waals surface area contributed by atoms with Crippen LogP contribution in [0, 0.1) is 3.57 Å². The molecule has 1 atom stereocenters. The number of fused-ring (bicyclic) bond motifs is 2. The number of halogens is 1. The monoisotopic (exact) mass is 807 g/mol. The van der Waals surface area contributed by atoms with Crippen LogP contribution in [0.5, 0.6) is 17.2 Å². The number of nitrogens with one attached hydrogen (secondary N) is 1. The molecule has 0 fully saturated rings. The third kappa shape index (κ3) is 7.06. The lowest BCUT2D eigenvalue weighted by Gasteiger charge is -2.25. The highest BCUT2D eigenvalue weighted by molar-refractivity contribution is 14.1. The number of nitrogens with zero attached hydrogens (tertiary/aromatic N) is 2. The first-order chi connectivity index (χ1) is 24.8. The van der Waals surface area contributed by atoms with Crippen LogP contribution >= 0.6 is 33.9 Å². The van der Waals surface area contributed by atoms with Gasteiger partial charge in [0.1, 0.15) is 12.4 Å². The van der Waals surface area contributed by atoms with E-state index in [-0.39, 0.29) is 11.5 Å². The van der Waals surface area contributed by atoms with Crippen LogP contribution in [0.3, 0.4) is 0 Å². The van der Waals surface area contributed by atoms with Crippen LogP contribution in [-0.2, 0) is 11.4 Å². The van der Waals surface area contributed by atoms with Gasteiger partial charge in [0.2, 0.25) is 0 Å². The lowest BCUT2D eigenvalue weighted by molar-refractivity contribution is -0.113. The highest BCUT2D eigenvalue weighted by Gasteiger charge is 2.32. The number of methoxy groups -OCH3 is 1. The number of carbonyl (C=O) groups excluding carboxylic acids is 1. The number of anilines is 1. The number of hydrogen-bond acceptors (Lipinski definition) is 7. The second-order valence-corrected chi connectivity index (χ2v) is 14.0. The van der Waals surface area contributed by atoms with Gasteiger partial charge in [0.05, 0.1) is 39.1 Å². The normalized spacial score (nSPS) is 14.2. The summed E-state index contributed by atoms with van der Waals surface area (Å²) < 4.78 is 20.7. The predicted octanol–water partition coefficient (Wildman–Crippen LogP) is 7.62. The molecule has 1 aromatic heterocycles. The van der Waals surface area contributed by atoms with Gasteiger partial charge in [-0.25, -0.2) is 4.99 Å². The number of thiazole rings is 1. The smallest absolute Gasteiger partial charge is 0.271 e. The fourth-order valence-electron chi connectivity index (χ4n) is 6.24. The molecule has 51 heavy (non-hydrogen) atoms. The second-order valence-electron chi connectivity index (χ2n) is 11.9. The van der Waals surface area contributed by atoms with Crippen LogP contribution in [0.15, 0.2) is 130 Å². The summed E-state index contributed by atoms with van der Waals surface area (Å²) in [7, 11) is 1.61. The van der Waals surface area contributed by atoms with Gasteiger partial charge < -0.3 is 19.5 Å². The van der Waals surface area contributed by atoms with Crippen molar-refractivity contribution in [2.75, 3.05) is 19.0 Å². The molecule has 0 bridgehead atoms. The number of carbonyl (C=O) groups is 1. The Kier molecular flexibility index (Phi) is 10.0. The van der Waals surface area contributed by atoms with E-state index in [9.17, 15) is 9.59 Å². The predicted molar refractivity (Wildman–Crippen MR) is 210 cm³/mol. The Morgan fingerprint density at radius 1 is 0.961 bits per heavy atom. The van der Waals surface area contributed by atoms with E-state index in [1.54, 1.807) is 11.7 Å². The number of hydrogen-bond donors (Lipinski definition) is 1. The van der Waals surface area contributed by atoms with E-state index in [1.165, 1.54) is 11.3 Å². The number of benzene rings is 5. The summed E-state index contributed by atoms with van der Waals surface area (Å²) >= 11 is 3.52. The fourth-order valence-corrected chi connectivity index (χ4v) is 8.07. The molecule has 5 aromatic carbocycles. The van der Waals surface area contributed by atoms with Gasteiger partial charge >= 0.3 is 0 Å². The van der Waals surface area contributed by atoms with E-state index in [4.69, 9.17) is 19.2 Å². The molecule has 8 nitrogen and oxygen atoms in total. The maximum atomic E-state index is 14.3. The van der Waals surface area contributed by atoms with Gasteiger partial charge in [-0.3, -0.25) is 14.2 Å². The topological polar surface area (TPSA) is 91.2 Å². The van der Waals surface area contributed by atoms with Crippen LogP contribution in [0.2, 0.25) is 0 Å². The van der Waals surface area contributed by atoms with E-state index < -0.39 is 6.04 Å². The number of aromatic nitrogens is 1. The number of para-hydroxylation sites is 1. The summed E-state index contributed by atoms with van der Waals surface area (Å²) in [6.07, 6.45) is 1.83. The van der Waals surface area contributed by atoms with Crippen molar-refractivity contribution in [1.29, 1.82) is 0 Å². The first-order valence-corrected chi connectivity index (χ1v) is 18.3. The largest absolute Gasteiger partial charge is 0.494 e. The van der Waals surface area contributed by atoms with Gasteiger partial charge in [-0.05, 0) is 106 Å². The minimum atomic E-state index is -0.706. The third-order valence-corrected chi connectivity index (χ3v) is 10.4. The Hall–Kier alpha value is -5.20. The molecule has 0 unspecified atom stereocenters. The summed E-state index contributed by atoms with van der Waals surface area (Å²) in [6, 6.07) is 34.3. The first kappa shape index (κ1) is 34.3. The van der Waals surface area contributed by atoms with Gasteiger partial charge in [0, 0.05) is 5.69 Å².